The first kappa shape index (κ1) is 12.8. The molecule has 1 aromatic carbocycles. The largest absolute Gasteiger partial charge is 0.378 e. The van der Waals surface area contributed by atoms with Crippen LogP contribution < -0.4 is 11.1 Å². The summed E-state index contributed by atoms with van der Waals surface area (Å²) in [4.78, 5) is 18.4. The summed E-state index contributed by atoms with van der Waals surface area (Å²) in [6, 6.07) is 12.3. The van der Waals surface area contributed by atoms with Crippen molar-refractivity contribution in [1.82, 2.24) is 9.97 Å². The minimum atomic E-state index is -0.562. The van der Waals surface area contributed by atoms with Gasteiger partial charge in [0.2, 0.25) is 5.82 Å². The van der Waals surface area contributed by atoms with Gasteiger partial charge in [0.1, 0.15) is 5.82 Å². The molecule has 0 saturated carbocycles. The van der Waals surface area contributed by atoms with E-state index in [4.69, 9.17) is 5.73 Å². The van der Waals surface area contributed by atoms with Crippen LogP contribution in [0.4, 0.5) is 23.0 Å². The van der Waals surface area contributed by atoms with Gasteiger partial charge in [-0.15, -0.1) is 0 Å². The highest BCUT2D eigenvalue weighted by molar-refractivity contribution is 5.92. The normalized spacial score (nSPS) is 10.5. The predicted molar refractivity (Wildman–Crippen MR) is 80.3 cm³/mol. The molecule has 3 N–H and O–H groups in total. The SMILES string of the molecule is Nc1nc(Nc2cccc3ncccc23)ccc1[N+](=O)[O-]. The molecule has 3 rings (SSSR count). The lowest BCUT2D eigenvalue weighted by Crippen LogP contribution is -2.01. The number of pyridine rings is 2. The molecule has 0 saturated heterocycles. The fourth-order valence-corrected chi connectivity index (χ4v) is 2.04. The summed E-state index contributed by atoms with van der Waals surface area (Å²) in [7, 11) is 0. The van der Waals surface area contributed by atoms with Crippen LogP contribution in [-0.4, -0.2) is 14.9 Å². The summed E-state index contributed by atoms with van der Waals surface area (Å²) >= 11 is 0. The Labute approximate surface area is 119 Å². The number of nitrogens with two attached hydrogens (primary N) is 1. The molecule has 104 valence electrons. The van der Waals surface area contributed by atoms with E-state index in [1.807, 2.05) is 30.3 Å². The Morgan fingerprint density at radius 3 is 2.76 bits per heavy atom. The highest BCUT2D eigenvalue weighted by atomic mass is 16.6. The number of hydrogen-bond donors (Lipinski definition) is 2. The van der Waals surface area contributed by atoms with Crippen molar-refractivity contribution in [3.63, 3.8) is 0 Å². The molecule has 21 heavy (non-hydrogen) atoms. The Kier molecular flexibility index (Phi) is 3.07. The quantitative estimate of drug-likeness (QED) is 0.564. The molecular weight excluding hydrogens is 270 g/mol. The van der Waals surface area contributed by atoms with Gasteiger partial charge < -0.3 is 11.1 Å². The fraction of sp³-hybridized carbons (Fsp3) is 0. The molecule has 0 fully saturated rings. The molecule has 0 aliphatic rings. The van der Waals surface area contributed by atoms with Gasteiger partial charge in [0.25, 0.3) is 0 Å². The summed E-state index contributed by atoms with van der Waals surface area (Å²) in [5.41, 5.74) is 7.03. The van der Waals surface area contributed by atoms with Crippen LogP contribution in [0.5, 0.6) is 0 Å². The summed E-state index contributed by atoms with van der Waals surface area (Å²) in [5, 5.41) is 14.8. The molecule has 2 heterocycles. The minimum absolute atomic E-state index is 0.122. The van der Waals surface area contributed by atoms with Crippen molar-refractivity contribution >= 4 is 33.9 Å². The number of rotatable bonds is 3. The third-order valence-corrected chi connectivity index (χ3v) is 3.01. The van der Waals surface area contributed by atoms with Crippen LogP contribution in [0.25, 0.3) is 10.9 Å². The van der Waals surface area contributed by atoms with E-state index in [0.717, 1.165) is 16.6 Å². The Balaban J connectivity index is 1.99. The van der Waals surface area contributed by atoms with Crippen molar-refractivity contribution in [2.45, 2.75) is 0 Å². The van der Waals surface area contributed by atoms with E-state index in [0.29, 0.717) is 5.82 Å². The zero-order chi connectivity index (χ0) is 14.8. The van der Waals surface area contributed by atoms with Gasteiger partial charge in [-0.1, -0.05) is 6.07 Å². The van der Waals surface area contributed by atoms with Gasteiger partial charge in [-0.2, -0.15) is 0 Å². The first-order valence-electron chi connectivity index (χ1n) is 6.17. The molecule has 0 atom stereocenters. The molecule has 0 radical (unpaired) electrons. The average molecular weight is 281 g/mol. The number of anilines is 3. The minimum Gasteiger partial charge on any atom is -0.378 e. The molecular formula is C14H11N5O2. The molecule has 0 bridgehead atoms. The van der Waals surface area contributed by atoms with Crippen LogP contribution in [-0.2, 0) is 0 Å². The van der Waals surface area contributed by atoms with Crippen molar-refractivity contribution in [3.8, 4) is 0 Å². The summed E-state index contributed by atoms with van der Waals surface area (Å²) in [6.45, 7) is 0. The number of hydrogen-bond acceptors (Lipinski definition) is 6. The monoisotopic (exact) mass is 281 g/mol. The molecule has 3 aromatic rings. The molecule has 2 aromatic heterocycles. The zero-order valence-electron chi connectivity index (χ0n) is 10.9. The Hall–Kier alpha value is -3.22. The van der Waals surface area contributed by atoms with Crippen molar-refractivity contribution < 1.29 is 4.92 Å². The van der Waals surface area contributed by atoms with Gasteiger partial charge in [0.05, 0.1) is 10.4 Å². The first-order valence-corrected chi connectivity index (χ1v) is 6.17. The summed E-state index contributed by atoms with van der Waals surface area (Å²) in [6.07, 6.45) is 1.72. The lowest BCUT2D eigenvalue weighted by atomic mass is 10.2. The van der Waals surface area contributed by atoms with E-state index in [9.17, 15) is 10.1 Å². The number of nitrogens with one attached hydrogen (secondary N) is 1. The van der Waals surface area contributed by atoms with Crippen LogP contribution >= 0.6 is 0 Å². The van der Waals surface area contributed by atoms with E-state index in [-0.39, 0.29) is 11.5 Å². The number of fused-ring (bicyclic) bond motifs is 1. The maximum Gasteiger partial charge on any atom is 0.311 e. The van der Waals surface area contributed by atoms with Crippen LogP contribution in [0.1, 0.15) is 0 Å². The highest BCUT2D eigenvalue weighted by Crippen LogP contribution is 2.26. The van der Waals surface area contributed by atoms with E-state index >= 15 is 0 Å². The van der Waals surface area contributed by atoms with Gasteiger partial charge in [0.15, 0.2) is 0 Å². The molecule has 0 aliphatic heterocycles. The molecule has 0 amide bonds. The molecule has 0 aliphatic carbocycles. The molecule has 7 nitrogen and oxygen atoms in total. The van der Waals surface area contributed by atoms with Crippen molar-refractivity contribution in [3.05, 3.63) is 58.8 Å². The van der Waals surface area contributed by atoms with Crippen LogP contribution in [0, 0.1) is 10.1 Å². The first-order chi connectivity index (χ1) is 10.1. The maximum atomic E-state index is 10.7. The third kappa shape index (κ3) is 2.44. The van der Waals surface area contributed by atoms with E-state index < -0.39 is 4.92 Å². The number of nitrogen functional groups attached to an aromatic ring is 1. The van der Waals surface area contributed by atoms with E-state index in [2.05, 4.69) is 15.3 Å². The number of benzene rings is 1. The smallest absolute Gasteiger partial charge is 0.311 e. The van der Waals surface area contributed by atoms with Gasteiger partial charge >= 0.3 is 5.69 Å². The van der Waals surface area contributed by atoms with Gasteiger partial charge in [-0.25, -0.2) is 4.98 Å². The highest BCUT2D eigenvalue weighted by Gasteiger charge is 2.13. The maximum absolute atomic E-state index is 10.7. The number of nitrogens with zero attached hydrogens (tertiary/aromatic N) is 3. The van der Waals surface area contributed by atoms with Crippen LogP contribution in [0.2, 0.25) is 0 Å². The second-order valence-corrected chi connectivity index (χ2v) is 4.36. The van der Waals surface area contributed by atoms with Gasteiger partial charge in [0, 0.05) is 23.3 Å². The van der Waals surface area contributed by atoms with Gasteiger partial charge in [-0.05, 0) is 30.3 Å². The zero-order valence-corrected chi connectivity index (χ0v) is 10.9. The summed E-state index contributed by atoms with van der Waals surface area (Å²) in [5.74, 6) is 0.317. The topological polar surface area (TPSA) is 107 Å². The lowest BCUT2D eigenvalue weighted by Gasteiger charge is -2.09. The number of nitro groups is 1. The second kappa shape index (κ2) is 5.04. The van der Waals surface area contributed by atoms with E-state index in [1.54, 1.807) is 6.20 Å². The molecule has 7 heteroatoms. The Bertz CT molecular complexity index is 829. The third-order valence-electron chi connectivity index (χ3n) is 3.01. The van der Waals surface area contributed by atoms with Crippen LogP contribution in [0.3, 0.4) is 0 Å². The Morgan fingerprint density at radius 1 is 1.14 bits per heavy atom. The second-order valence-electron chi connectivity index (χ2n) is 4.36. The van der Waals surface area contributed by atoms with Crippen molar-refractivity contribution in [2.24, 2.45) is 0 Å². The fourth-order valence-electron chi connectivity index (χ4n) is 2.04. The Morgan fingerprint density at radius 2 is 2.00 bits per heavy atom. The van der Waals surface area contributed by atoms with Gasteiger partial charge in [-0.3, -0.25) is 15.1 Å². The molecule has 0 unspecified atom stereocenters. The average Bonchev–Trinajstić information content (AvgIpc) is 2.47. The number of aromatic nitrogens is 2. The van der Waals surface area contributed by atoms with E-state index in [1.165, 1.54) is 12.1 Å². The predicted octanol–water partition coefficient (Wildman–Crippen LogP) is 2.86. The lowest BCUT2D eigenvalue weighted by molar-refractivity contribution is -0.384. The van der Waals surface area contributed by atoms with Crippen molar-refractivity contribution in [2.75, 3.05) is 11.1 Å². The molecule has 0 spiro atoms. The summed E-state index contributed by atoms with van der Waals surface area (Å²) < 4.78 is 0. The standard InChI is InChI=1S/C14H11N5O2/c15-14-12(19(20)21)6-7-13(18-14)17-11-5-1-4-10-9(11)3-2-8-16-10/h1-8H,(H3,15,17,18). The van der Waals surface area contributed by atoms with Crippen molar-refractivity contribution in [1.29, 1.82) is 0 Å². The van der Waals surface area contributed by atoms with Crippen LogP contribution in [0.15, 0.2) is 48.7 Å².